The summed E-state index contributed by atoms with van der Waals surface area (Å²) in [5, 5.41) is 24.6. The highest BCUT2D eigenvalue weighted by molar-refractivity contribution is 6.38. The number of carbonyl (C=O) groups is 2. The van der Waals surface area contributed by atoms with Crippen LogP contribution in [0.3, 0.4) is 0 Å². The quantitative estimate of drug-likeness (QED) is 0.560. The Kier molecular flexibility index (Phi) is 5.67. The summed E-state index contributed by atoms with van der Waals surface area (Å²) in [7, 11) is 0. The largest absolute Gasteiger partial charge is 0.506 e. The first-order chi connectivity index (χ1) is 13.3. The average molecular weight is 423 g/mol. The van der Waals surface area contributed by atoms with Gasteiger partial charge in [0.1, 0.15) is 17.4 Å². The van der Waals surface area contributed by atoms with E-state index < -0.39 is 29.5 Å². The van der Waals surface area contributed by atoms with E-state index in [1.165, 1.54) is 13.0 Å². The van der Waals surface area contributed by atoms with Crippen molar-refractivity contribution in [2.45, 2.75) is 19.6 Å². The number of esters is 1. The van der Waals surface area contributed by atoms with E-state index in [1.807, 2.05) is 18.2 Å². The van der Waals surface area contributed by atoms with Gasteiger partial charge in [-0.15, -0.1) is 0 Å². The third kappa shape index (κ3) is 3.85. The van der Waals surface area contributed by atoms with E-state index in [-0.39, 0.29) is 33.5 Å². The SMILES string of the molecule is CC1=C(C(=O)OCc2ccccc2)C(c2cc(Cl)c(O)c(Cl)c2O)NC(=O)N1. The minimum Gasteiger partial charge on any atom is -0.506 e. The third-order valence-electron chi connectivity index (χ3n) is 4.21. The van der Waals surface area contributed by atoms with Crippen LogP contribution in [-0.4, -0.2) is 22.2 Å². The number of nitrogens with one attached hydrogen (secondary N) is 2. The Balaban J connectivity index is 1.96. The summed E-state index contributed by atoms with van der Waals surface area (Å²) in [5.41, 5.74) is 1.17. The summed E-state index contributed by atoms with van der Waals surface area (Å²) in [6.07, 6.45) is 0. The number of hydrogen-bond acceptors (Lipinski definition) is 5. The van der Waals surface area contributed by atoms with Gasteiger partial charge in [0.2, 0.25) is 0 Å². The molecule has 2 aromatic rings. The van der Waals surface area contributed by atoms with Crippen LogP contribution in [0.25, 0.3) is 0 Å². The fourth-order valence-corrected chi connectivity index (χ4v) is 3.31. The molecule has 1 heterocycles. The number of hydrogen-bond donors (Lipinski definition) is 4. The number of aromatic hydroxyl groups is 2. The van der Waals surface area contributed by atoms with E-state index in [0.29, 0.717) is 0 Å². The fraction of sp³-hybridized carbons (Fsp3) is 0.158. The normalized spacial score (nSPS) is 16.4. The summed E-state index contributed by atoms with van der Waals surface area (Å²) < 4.78 is 5.36. The molecule has 9 heteroatoms. The number of phenols is 2. The number of urea groups is 1. The van der Waals surface area contributed by atoms with Crippen LogP contribution in [-0.2, 0) is 16.1 Å². The van der Waals surface area contributed by atoms with Crippen LogP contribution in [0.2, 0.25) is 10.0 Å². The highest BCUT2D eigenvalue weighted by Gasteiger charge is 2.35. The first kappa shape index (κ1) is 19.9. The van der Waals surface area contributed by atoms with E-state index in [9.17, 15) is 19.8 Å². The lowest BCUT2D eigenvalue weighted by atomic mass is 9.94. The highest BCUT2D eigenvalue weighted by Crippen LogP contribution is 2.45. The Hall–Kier alpha value is -2.90. The summed E-state index contributed by atoms with van der Waals surface area (Å²) in [5.74, 6) is -1.70. The van der Waals surface area contributed by atoms with Crippen LogP contribution in [0.5, 0.6) is 11.5 Å². The molecule has 0 saturated carbocycles. The average Bonchev–Trinajstić information content (AvgIpc) is 2.67. The number of phenolic OH excluding ortho intramolecular Hbond substituents is 2. The molecule has 0 saturated heterocycles. The molecular formula is C19H16Cl2N2O5. The predicted molar refractivity (Wildman–Crippen MR) is 103 cm³/mol. The predicted octanol–water partition coefficient (Wildman–Crippen LogP) is 3.78. The fourth-order valence-electron chi connectivity index (χ4n) is 2.84. The lowest BCUT2D eigenvalue weighted by Crippen LogP contribution is -2.45. The lowest BCUT2D eigenvalue weighted by Gasteiger charge is -2.29. The molecule has 146 valence electrons. The molecule has 3 rings (SSSR count). The molecule has 0 aliphatic carbocycles. The number of rotatable bonds is 4. The van der Waals surface area contributed by atoms with Crippen LogP contribution in [0.15, 0.2) is 47.7 Å². The van der Waals surface area contributed by atoms with Gasteiger partial charge in [0.15, 0.2) is 5.75 Å². The van der Waals surface area contributed by atoms with Gasteiger partial charge in [-0.05, 0) is 18.6 Å². The number of amides is 2. The van der Waals surface area contributed by atoms with Gasteiger partial charge in [-0.25, -0.2) is 9.59 Å². The van der Waals surface area contributed by atoms with Gasteiger partial charge in [-0.3, -0.25) is 0 Å². The van der Waals surface area contributed by atoms with Gasteiger partial charge >= 0.3 is 12.0 Å². The van der Waals surface area contributed by atoms with Crippen molar-refractivity contribution in [1.29, 1.82) is 0 Å². The highest BCUT2D eigenvalue weighted by atomic mass is 35.5. The van der Waals surface area contributed by atoms with Crippen LogP contribution in [0.4, 0.5) is 4.79 Å². The molecule has 7 nitrogen and oxygen atoms in total. The number of allylic oxidation sites excluding steroid dienone is 1. The zero-order valence-corrected chi connectivity index (χ0v) is 16.1. The first-order valence-corrected chi connectivity index (χ1v) is 8.94. The minimum atomic E-state index is -1.08. The summed E-state index contributed by atoms with van der Waals surface area (Å²) in [4.78, 5) is 24.7. The molecule has 4 N–H and O–H groups in total. The third-order valence-corrected chi connectivity index (χ3v) is 4.86. The molecule has 0 bridgehead atoms. The van der Waals surface area contributed by atoms with Gasteiger partial charge in [-0.1, -0.05) is 53.5 Å². The van der Waals surface area contributed by atoms with Crippen LogP contribution in [0.1, 0.15) is 24.1 Å². The zero-order valence-electron chi connectivity index (χ0n) is 14.6. The monoisotopic (exact) mass is 422 g/mol. The van der Waals surface area contributed by atoms with Gasteiger partial charge in [0.05, 0.1) is 16.6 Å². The second-order valence-electron chi connectivity index (χ2n) is 6.09. The van der Waals surface area contributed by atoms with E-state index in [1.54, 1.807) is 12.1 Å². The van der Waals surface area contributed by atoms with E-state index >= 15 is 0 Å². The second-order valence-corrected chi connectivity index (χ2v) is 6.88. The maximum Gasteiger partial charge on any atom is 0.338 e. The van der Waals surface area contributed by atoms with Crippen molar-refractivity contribution in [2.75, 3.05) is 0 Å². The molecule has 2 amide bonds. The maximum absolute atomic E-state index is 12.8. The summed E-state index contributed by atoms with van der Waals surface area (Å²) >= 11 is 11.8. The Labute approximate surface area is 170 Å². The van der Waals surface area contributed by atoms with Crippen molar-refractivity contribution in [3.63, 3.8) is 0 Å². The van der Waals surface area contributed by atoms with Gasteiger partial charge < -0.3 is 25.6 Å². The summed E-state index contributed by atoms with van der Waals surface area (Å²) in [6.45, 7) is 1.56. The number of halogens is 2. The Bertz CT molecular complexity index is 976. The zero-order chi connectivity index (χ0) is 20.4. The molecule has 0 fully saturated rings. The van der Waals surface area contributed by atoms with Crippen molar-refractivity contribution in [3.05, 3.63) is 68.8 Å². The minimum absolute atomic E-state index is 0.0280. The summed E-state index contributed by atoms with van der Waals surface area (Å²) in [6, 6.07) is 8.65. The second kappa shape index (κ2) is 8.00. The van der Waals surface area contributed by atoms with Gasteiger partial charge in [0.25, 0.3) is 0 Å². The molecular weight excluding hydrogens is 407 g/mol. The van der Waals surface area contributed by atoms with Gasteiger partial charge in [-0.2, -0.15) is 0 Å². The number of ether oxygens (including phenoxy) is 1. The maximum atomic E-state index is 12.8. The molecule has 1 atom stereocenters. The van der Waals surface area contributed by atoms with Crippen molar-refractivity contribution >= 4 is 35.2 Å². The van der Waals surface area contributed by atoms with Gasteiger partial charge in [0, 0.05) is 11.3 Å². The Morgan fingerprint density at radius 1 is 1.18 bits per heavy atom. The van der Waals surface area contributed by atoms with Crippen LogP contribution >= 0.6 is 23.2 Å². The van der Waals surface area contributed by atoms with Crippen LogP contribution < -0.4 is 10.6 Å². The first-order valence-electron chi connectivity index (χ1n) is 8.18. The van der Waals surface area contributed by atoms with Crippen molar-refractivity contribution in [1.82, 2.24) is 10.6 Å². The van der Waals surface area contributed by atoms with E-state index in [0.717, 1.165) is 5.56 Å². The van der Waals surface area contributed by atoms with Crippen molar-refractivity contribution < 1.29 is 24.5 Å². The molecule has 1 aliphatic rings. The topological polar surface area (TPSA) is 108 Å². The van der Waals surface area contributed by atoms with Crippen molar-refractivity contribution in [3.8, 4) is 11.5 Å². The molecule has 2 aromatic carbocycles. The standard InChI is InChI=1S/C19H16Cl2N2O5/c1-9-13(18(26)28-8-10-5-3-2-4-6-10)15(23-19(27)22-9)11-7-12(20)17(25)14(21)16(11)24/h2-7,15,24-25H,8H2,1H3,(H2,22,23,27). The van der Waals surface area contributed by atoms with E-state index in [4.69, 9.17) is 27.9 Å². The Morgan fingerprint density at radius 2 is 1.86 bits per heavy atom. The van der Waals surface area contributed by atoms with E-state index in [2.05, 4.69) is 10.6 Å². The molecule has 1 unspecified atom stereocenters. The molecule has 0 spiro atoms. The lowest BCUT2D eigenvalue weighted by molar-refractivity contribution is -0.140. The number of benzene rings is 2. The molecule has 0 aromatic heterocycles. The molecule has 28 heavy (non-hydrogen) atoms. The molecule has 1 aliphatic heterocycles. The number of carbonyl (C=O) groups excluding carboxylic acids is 2. The van der Waals surface area contributed by atoms with Crippen LogP contribution in [0, 0.1) is 0 Å². The van der Waals surface area contributed by atoms with Crippen molar-refractivity contribution in [2.24, 2.45) is 0 Å². The molecule has 0 radical (unpaired) electrons. The Morgan fingerprint density at radius 3 is 2.54 bits per heavy atom. The smallest absolute Gasteiger partial charge is 0.338 e.